The van der Waals surface area contributed by atoms with E-state index in [0.717, 1.165) is 12.8 Å². The molecule has 1 aliphatic carbocycles. The van der Waals surface area contributed by atoms with Crippen molar-refractivity contribution in [2.24, 2.45) is 5.92 Å². The fraction of sp³-hybridized carbons (Fsp3) is 0.615. The largest absolute Gasteiger partial charge is 0.433 e. The maximum absolute atomic E-state index is 13.2. The van der Waals surface area contributed by atoms with Gasteiger partial charge in [-0.3, -0.25) is 19.2 Å². The molecule has 0 bridgehead atoms. The average molecular weight is 535 g/mol. The standard InChI is InChI=1S/C26H35ClN4O6/c1-15(29-23(33)17-9-10-19(28)18(27)12-17)25(35)31-11-5-8-21(31)24(34)30-20-13-22(32)37-26(20)36-14-16-6-3-2-4-7-16/h9-10,12,15-16,20-21,26H,2-8,11,13-14,28H2,1H3,(H,29,33)(H,30,34). The van der Waals surface area contributed by atoms with E-state index in [0.29, 0.717) is 37.6 Å². The molecule has 4 unspecified atom stereocenters. The van der Waals surface area contributed by atoms with Gasteiger partial charge in [0.25, 0.3) is 5.91 Å². The van der Waals surface area contributed by atoms with E-state index in [9.17, 15) is 19.2 Å². The highest BCUT2D eigenvalue weighted by Gasteiger charge is 2.41. The van der Waals surface area contributed by atoms with Gasteiger partial charge in [-0.05, 0) is 56.7 Å². The number of likely N-dealkylation sites (tertiary alicyclic amines) is 1. The van der Waals surface area contributed by atoms with Gasteiger partial charge >= 0.3 is 5.97 Å². The van der Waals surface area contributed by atoms with E-state index in [2.05, 4.69) is 10.6 Å². The van der Waals surface area contributed by atoms with Crippen LogP contribution >= 0.6 is 11.6 Å². The first kappa shape index (κ1) is 27.2. The molecule has 37 heavy (non-hydrogen) atoms. The highest BCUT2D eigenvalue weighted by molar-refractivity contribution is 6.33. The second-order valence-corrected chi connectivity index (χ2v) is 10.5. The monoisotopic (exact) mass is 534 g/mol. The molecular formula is C26H35ClN4O6. The predicted molar refractivity (Wildman–Crippen MR) is 136 cm³/mol. The topological polar surface area (TPSA) is 140 Å². The van der Waals surface area contributed by atoms with Crippen molar-refractivity contribution in [3.8, 4) is 0 Å². The molecule has 0 aromatic heterocycles. The van der Waals surface area contributed by atoms with Crippen LogP contribution in [0.25, 0.3) is 0 Å². The van der Waals surface area contributed by atoms with Crippen LogP contribution in [0, 0.1) is 5.92 Å². The first-order valence-corrected chi connectivity index (χ1v) is 13.4. The molecular weight excluding hydrogens is 500 g/mol. The molecule has 1 aromatic rings. The van der Waals surface area contributed by atoms with Crippen molar-refractivity contribution in [1.82, 2.24) is 15.5 Å². The maximum Gasteiger partial charge on any atom is 0.310 e. The number of ether oxygens (including phenoxy) is 2. The van der Waals surface area contributed by atoms with Crippen molar-refractivity contribution < 1.29 is 28.7 Å². The first-order chi connectivity index (χ1) is 17.7. The molecule has 3 fully saturated rings. The molecule has 0 spiro atoms. The highest BCUT2D eigenvalue weighted by atomic mass is 35.5. The van der Waals surface area contributed by atoms with Crippen LogP contribution in [0.1, 0.15) is 68.6 Å². The minimum Gasteiger partial charge on any atom is -0.433 e. The Morgan fingerprint density at radius 1 is 1.19 bits per heavy atom. The van der Waals surface area contributed by atoms with Crippen LogP contribution in [0.2, 0.25) is 5.02 Å². The van der Waals surface area contributed by atoms with Gasteiger partial charge in [-0.2, -0.15) is 0 Å². The third kappa shape index (κ3) is 6.73. The van der Waals surface area contributed by atoms with Gasteiger partial charge in [0, 0.05) is 12.1 Å². The van der Waals surface area contributed by atoms with Crippen LogP contribution in [0.15, 0.2) is 18.2 Å². The number of carbonyl (C=O) groups excluding carboxylic acids is 4. The summed E-state index contributed by atoms with van der Waals surface area (Å²) in [5.41, 5.74) is 6.32. The lowest BCUT2D eigenvalue weighted by Gasteiger charge is -2.29. The normalized spacial score (nSPS) is 25.0. The van der Waals surface area contributed by atoms with Crippen molar-refractivity contribution in [2.75, 3.05) is 18.9 Å². The third-order valence-electron chi connectivity index (χ3n) is 7.33. The summed E-state index contributed by atoms with van der Waals surface area (Å²) in [6, 6.07) is 2.32. The Morgan fingerprint density at radius 2 is 1.95 bits per heavy atom. The van der Waals surface area contributed by atoms with E-state index in [1.807, 2.05) is 0 Å². The van der Waals surface area contributed by atoms with Crippen LogP contribution in [0.5, 0.6) is 0 Å². The summed E-state index contributed by atoms with van der Waals surface area (Å²) in [6.07, 6.45) is 6.12. The SMILES string of the molecule is CC(NC(=O)c1ccc(N)c(Cl)c1)C(=O)N1CCCC1C(=O)NC1CC(=O)OC1OCC1CCCCC1. The Balaban J connectivity index is 1.32. The van der Waals surface area contributed by atoms with Gasteiger partial charge in [0.2, 0.25) is 18.1 Å². The average Bonchev–Trinajstić information content (AvgIpc) is 3.51. The molecule has 11 heteroatoms. The molecule has 2 saturated heterocycles. The number of nitrogens with zero attached hydrogens (tertiary/aromatic N) is 1. The number of anilines is 1. The van der Waals surface area contributed by atoms with Gasteiger partial charge in [0.1, 0.15) is 18.1 Å². The summed E-state index contributed by atoms with van der Waals surface area (Å²) in [6.45, 7) is 2.46. The van der Waals surface area contributed by atoms with E-state index in [-0.39, 0.29) is 28.8 Å². The van der Waals surface area contributed by atoms with Crippen molar-refractivity contribution in [3.63, 3.8) is 0 Å². The number of nitrogens with two attached hydrogens (primary N) is 1. The second kappa shape index (κ2) is 12.1. The van der Waals surface area contributed by atoms with Crippen LogP contribution in [0.4, 0.5) is 5.69 Å². The van der Waals surface area contributed by atoms with Crippen molar-refractivity contribution in [3.05, 3.63) is 28.8 Å². The summed E-state index contributed by atoms with van der Waals surface area (Å²) in [4.78, 5) is 52.4. The zero-order valence-electron chi connectivity index (χ0n) is 21.0. The lowest BCUT2D eigenvalue weighted by molar-refractivity contribution is -0.168. The summed E-state index contributed by atoms with van der Waals surface area (Å²) in [5.74, 6) is -1.17. The fourth-order valence-electron chi connectivity index (χ4n) is 5.23. The molecule has 4 atom stereocenters. The summed E-state index contributed by atoms with van der Waals surface area (Å²) in [7, 11) is 0. The molecule has 1 aromatic carbocycles. The van der Waals surface area contributed by atoms with E-state index >= 15 is 0 Å². The van der Waals surface area contributed by atoms with Gasteiger partial charge in [-0.25, -0.2) is 0 Å². The van der Waals surface area contributed by atoms with Crippen LogP contribution in [-0.2, 0) is 23.9 Å². The van der Waals surface area contributed by atoms with Gasteiger partial charge in [0.05, 0.1) is 23.7 Å². The molecule has 0 radical (unpaired) electrons. The lowest BCUT2D eigenvalue weighted by atomic mass is 9.90. The Bertz CT molecular complexity index is 1030. The van der Waals surface area contributed by atoms with Crippen molar-refractivity contribution in [2.45, 2.75) is 82.7 Å². The van der Waals surface area contributed by atoms with Crippen LogP contribution in [0.3, 0.4) is 0 Å². The maximum atomic E-state index is 13.2. The smallest absolute Gasteiger partial charge is 0.310 e. The van der Waals surface area contributed by atoms with E-state index in [1.54, 1.807) is 6.92 Å². The molecule has 3 aliphatic rings. The quantitative estimate of drug-likeness (QED) is 0.343. The van der Waals surface area contributed by atoms with E-state index in [1.165, 1.54) is 42.4 Å². The van der Waals surface area contributed by atoms with Gasteiger partial charge < -0.3 is 30.7 Å². The number of cyclic esters (lactones) is 1. The zero-order chi connectivity index (χ0) is 26.5. The molecule has 202 valence electrons. The van der Waals surface area contributed by atoms with Crippen molar-refractivity contribution in [1.29, 1.82) is 0 Å². The number of esters is 1. The summed E-state index contributed by atoms with van der Waals surface area (Å²) in [5, 5.41) is 5.79. The number of halogens is 1. The Hall–Kier alpha value is -2.85. The number of nitrogens with one attached hydrogen (secondary N) is 2. The number of nitrogen functional groups attached to an aromatic ring is 1. The number of carbonyl (C=O) groups is 4. The van der Waals surface area contributed by atoms with Gasteiger partial charge in [-0.15, -0.1) is 0 Å². The molecule has 2 aliphatic heterocycles. The molecule has 4 rings (SSSR count). The number of benzene rings is 1. The fourth-order valence-corrected chi connectivity index (χ4v) is 5.41. The molecule has 10 nitrogen and oxygen atoms in total. The van der Waals surface area contributed by atoms with Crippen LogP contribution < -0.4 is 16.4 Å². The predicted octanol–water partition coefficient (Wildman–Crippen LogP) is 2.39. The number of rotatable bonds is 8. The summed E-state index contributed by atoms with van der Waals surface area (Å²) >= 11 is 6.00. The number of hydrogen-bond donors (Lipinski definition) is 3. The van der Waals surface area contributed by atoms with Gasteiger partial charge in [0.15, 0.2) is 0 Å². The van der Waals surface area contributed by atoms with E-state index in [4.69, 9.17) is 26.8 Å². The summed E-state index contributed by atoms with van der Waals surface area (Å²) < 4.78 is 11.2. The molecule has 3 amide bonds. The molecule has 1 saturated carbocycles. The van der Waals surface area contributed by atoms with Crippen molar-refractivity contribution >= 4 is 41.0 Å². The third-order valence-corrected chi connectivity index (χ3v) is 7.66. The highest BCUT2D eigenvalue weighted by Crippen LogP contribution is 2.26. The first-order valence-electron chi connectivity index (χ1n) is 13.0. The minimum absolute atomic E-state index is 0.0261. The second-order valence-electron chi connectivity index (χ2n) is 10.1. The van der Waals surface area contributed by atoms with E-state index < -0.39 is 36.3 Å². The number of amides is 3. The molecule has 4 N–H and O–H groups in total. The number of hydrogen-bond acceptors (Lipinski definition) is 7. The molecule has 2 heterocycles. The van der Waals surface area contributed by atoms with Gasteiger partial charge in [-0.1, -0.05) is 30.9 Å². The Morgan fingerprint density at radius 3 is 2.68 bits per heavy atom. The Labute approximate surface area is 221 Å². The van der Waals surface area contributed by atoms with Crippen LogP contribution in [-0.4, -0.2) is 66.2 Å². The lowest BCUT2D eigenvalue weighted by Crippen LogP contribution is -2.54. The zero-order valence-corrected chi connectivity index (χ0v) is 21.8. The minimum atomic E-state index is -0.861. The Kier molecular flexibility index (Phi) is 8.91.